The second kappa shape index (κ2) is 11.2. The molecule has 0 spiro atoms. The number of benzene rings is 2. The third-order valence-corrected chi connectivity index (χ3v) is 3.78. The fraction of sp³-hybridized carbons (Fsp3) is 0.238. The molecule has 0 bridgehead atoms. The number of para-hydroxylation sites is 1. The maximum atomic E-state index is 12.0. The molecule has 0 heterocycles. The molecule has 0 aliphatic heterocycles. The number of carbonyl (C=O) groups excluding carboxylic acids is 4. The molecule has 0 unspecified atom stereocenters. The minimum Gasteiger partial charge on any atom is -0.484 e. The van der Waals surface area contributed by atoms with Gasteiger partial charge in [-0.1, -0.05) is 18.2 Å². The fourth-order valence-electron chi connectivity index (χ4n) is 2.27. The predicted octanol–water partition coefficient (Wildman–Crippen LogP) is 1.54. The molecule has 0 aliphatic rings. The van der Waals surface area contributed by atoms with Gasteiger partial charge in [0.25, 0.3) is 11.8 Å². The van der Waals surface area contributed by atoms with Crippen molar-refractivity contribution in [1.29, 1.82) is 0 Å². The van der Waals surface area contributed by atoms with Gasteiger partial charge in [-0.05, 0) is 43.3 Å². The van der Waals surface area contributed by atoms with Crippen molar-refractivity contribution >= 4 is 29.4 Å². The zero-order valence-corrected chi connectivity index (χ0v) is 16.5. The van der Waals surface area contributed by atoms with Crippen LogP contribution in [-0.4, -0.2) is 50.1 Å². The number of ether oxygens (including phenoxy) is 3. The number of hydrogen-bond acceptors (Lipinski definition) is 7. The van der Waals surface area contributed by atoms with Crippen LogP contribution >= 0.6 is 0 Å². The lowest BCUT2D eigenvalue weighted by Gasteiger charge is -2.14. The lowest BCUT2D eigenvalue weighted by molar-refractivity contribution is -0.150. The largest absolute Gasteiger partial charge is 0.484 e. The highest BCUT2D eigenvalue weighted by Crippen LogP contribution is 2.10. The first-order chi connectivity index (χ1) is 14.4. The van der Waals surface area contributed by atoms with Gasteiger partial charge in [-0.3, -0.25) is 9.59 Å². The Balaban J connectivity index is 1.71. The Bertz CT molecular complexity index is 882. The van der Waals surface area contributed by atoms with Crippen LogP contribution in [0, 0.1) is 0 Å². The van der Waals surface area contributed by atoms with Crippen molar-refractivity contribution in [2.45, 2.75) is 13.0 Å². The molecule has 2 N–H and O–H groups in total. The van der Waals surface area contributed by atoms with Crippen LogP contribution in [-0.2, 0) is 23.9 Å². The monoisotopic (exact) mass is 414 g/mol. The van der Waals surface area contributed by atoms with E-state index in [4.69, 9.17) is 9.47 Å². The molecular formula is C21H22N2O7. The van der Waals surface area contributed by atoms with Crippen LogP contribution in [0.1, 0.15) is 17.3 Å². The van der Waals surface area contributed by atoms with E-state index < -0.39 is 36.4 Å². The summed E-state index contributed by atoms with van der Waals surface area (Å²) < 4.78 is 14.8. The first-order valence-corrected chi connectivity index (χ1v) is 9.01. The first-order valence-electron chi connectivity index (χ1n) is 9.01. The lowest BCUT2D eigenvalue weighted by atomic mass is 10.2. The molecule has 2 amide bonds. The standard InChI is InChI=1S/C21H22N2O7/c1-14(22-18(24)12-29-17-6-4-3-5-7-17)20(26)30-13-19(25)23-16-10-8-15(9-11-16)21(27)28-2/h3-11,14H,12-13H2,1-2H3,(H,22,24)(H,23,25)/t14-/m0/s1. The predicted molar refractivity (Wildman–Crippen MR) is 107 cm³/mol. The zero-order chi connectivity index (χ0) is 21.9. The van der Waals surface area contributed by atoms with Gasteiger partial charge in [-0.25, -0.2) is 9.59 Å². The fourth-order valence-corrected chi connectivity index (χ4v) is 2.27. The van der Waals surface area contributed by atoms with Crippen molar-refractivity contribution in [2.75, 3.05) is 25.6 Å². The van der Waals surface area contributed by atoms with Crippen molar-refractivity contribution in [2.24, 2.45) is 0 Å². The van der Waals surface area contributed by atoms with E-state index in [2.05, 4.69) is 15.4 Å². The van der Waals surface area contributed by atoms with Gasteiger partial charge in [0.2, 0.25) is 0 Å². The minimum absolute atomic E-state index is 0.260. The summed E-state index contributed by atoms with van der Waals surface area (Å²) >= 11 is 0. The lowest BCUT2D eigenvalue weighted by Crippen LogP contribution is -2.42. The van der Waals surface area contributed by atoms with Crippen molar-refractivity contribution < 1.29 is 33.4 Å². The molecule has 1 atom stereocenters. The van der Waals surface area contributed by atoms with E-state index in [1.54, 1.807) is 24.3 Å². The molecule has 158 valence electrons. The van der Waals surface area contributed by atoms with E-state index in [-0.39, 0.29) is 6.61 Å². The number of anilines is 1. The SMILES string of the molecule is COC(=O)c1ccc(NC(=O)COC(=O)[C@H](C)NC(=O)COc2ccccc2)cc1. The smallest absolute Gasteiger partial charge is 0.337 e. The van der Waals surface area contributed by atoms with Crippen molar-refractivity contribution in [3.63, 3.8) is 0 Å². The Hall–Kier alpha value is -3.88. The van der Waals surface area contributed by atoms with Gasteiger partial charge < -0.3 is 24.8 Å². The highest BCUT2D eigenvalue weighted by molar-refractivity contribution is 5.94. The Morgan fingerprint density at radius 1 is 0.900 bits per heavy atom. The Kier molecular flexibility index (Phi) is 8.37. The number of esters is 2. The minimum atomic E-state index is -0.955. The molecule has 30 heavy (non-hydrogen) atoms. The molecule has 0 aliphatic carbocycles. The van der Waals surface area contributed by atoms with E-state index in [1.807, 2.05) is 6.07 Å². The molecule has 0 fully saturated rings. The van der Waals surface area contributed by atoms with Gasteiger partial charge in [0.05, 0.1) is 12.7 Å². The van der Waals surface area contributed by atoms with Crippen molar-refractivity contribution in [3.05, 3.63) is 60.2 Å². The van der Waals surface area contributed by atoms with Crippen LogP contribution < -0.4 is 15.4 Å². The summed E-state index contributed by atoms with van der Waals surface area (Å²) in [5, 5.41) is 4.96. The number of carbonyl (C=O) groups is 4. The molecule has 0 aromatic heterocycles. The average Bonchev–Trinajstić information content (AvgIpc) is 2.76. The quantitative estimate of drug-likeness (QED) is 0.597. The summed E-state index contributed by atoms with van der Waals surface area (Å²) in [6, 6.07) is 13.8. The van der Waals surface area contributed by atoms with Crippen LogP contribution in [0.3, 0.4) is 0 Å². The third-order valence-electron chi connectivity index (χ3n) is 3.78. The third kappa shape index (κ3) is 7.27. The van der Waals surface area contributed by atoms with Crippen LogP contribution in [0.25, 0.3) is 0 Å². The number of amides is 2. The Morgan fingerprint density at radius 2 is 1.57 bits per heavy atom. The van der Waals surface area contributed by atoms with Gasteiger partial charge >= 0.3 is 11.9 Å². The highest BCUT2D eigenvalue weighted by atomic mass is 16.5. The van der Waals surface area contributed by atoms with Crippen molar-refractivity contribution in [3.8, 4) is 5.75 Å². The first kappa shape index (κ1) is 22.4. The molecular weight excluding hydrogens is 392 g/mol. The van der Waals surface area contributed by atoms with E-state index in [0.717, 1.165) is 0 Å². The zero-order valence-electron chi connectivity index (χ0n) is 16.5. The molecule has 0 saturated heterocycles. The number of methoxy groups -OCH3 is 1. The molecule has 2 aromatic rings. The maximum absolute atomic E-state index is 12.0. The maximum Gasteiger partial charge on any atom is 0.337 e. The second-order valence-electron chi connectivity index (χ2n) is 6.12. The van der Waals surface area contributed by atoms with E-state index in [0.29, 0.717) is 17.0 Å². The van der Waals surface area contributed by atoms with E-state index >= 15 is 0 Å². The molecule has 0 radical (unpaired) electrons. The summed E-state index contributed by atoms with van der Waals surface area (Å²) in [6.45, 7) is 0.647. The number of rotatable bonds is 9. The molecule has 2 aromatic carbocycles. The summed E-state index contributed by atoms with van der Waals surface area (Å²) in [4.78, 5) is 47.1. The normalized spacial score (nSPS) is 11.0. The topological polar surface area (TPSA) is 120 Å². The Labute approximate surface area is 173 Å². The van der Waals surface area contributed by atoms with Gasteiger partial charge in [0.15, 0.2) is 13.2 Å². The summed E-state index contributed by atoms with van der Waals surface area (Å²) in [5.41, 5.74) is 0.755. The number of hydrogen-bond donors (Lipinski definition) is 2. The molecule has 0 saturated carbocycles. The Morgan fingerprint density at radius 3 is 2.20 bits per heavy atom. The van der Waals surface area contributed by atoms with E-state index in [9.17, 15) is 19.2 Å². The van der Waals surface area contributed by atoms with Gasteiger partial charge in [0, 0.05) is 5.69 Å². The molecule has 9 heteroatoms. The highest BCUT2D eigenvalue weighted by Gasteiger charge is 2.18. The van der Waals surface area contributed by atoms with Crippen molar-refractivity contribution in [1.82, 2.24) is 5.32 Å². The summed E-state index contributed by atoms with van der Waals surface area (Å²) in [6.07, 6.45) is 0. The van der Waals surface area contributed by atoms with E-state index in [1.165, 1.54) is 38.3 Å². The van der Waals surface area contributed by atoms with Gasteiger partial charge in [-0.2, -0.15) is 0 Å². The summed E-state index contributed by atoms with van der Waals surface area (Å²) in [5.74, 6) is -1.80. The van der Waals surface area contributed by atoms with Crippen LogP contribution in [0.15, 0.2) is 54.6 Å². The second-order valence-corrected chi connectivity index (χ2v) is 6.12. The number of nitrogens with one attached hydrogen (secondary N) is 2. The van der Waals surface area contributed by atoms with Gasteiger partial charge in [0.1, 0.15) is 11.8 Å². The van der Waals surface area contributed by atoms with Crippen LogP contribution in [0.5, 0.6) is 5.75 Å². The van der Waals surface area contributed by atoms with Gasteiger partial charge in [-0.15, -0.1) is 0 Å². The molecule has 2 rings (SSSR count). The van der Waals surface area contributed by atoms with Crippen LogP contribution in [0.2, 0.25) is 0 Å². The average molecular weight is 414 g/mol. The molecule has 9 nitrogen and oxygen atoms in total. The van der Waals surface area contributed by atoms with Crippen LogP contribution in [0.4, 0.5) is 5.69 Å². The summed E-state index contributed by atoms with van der Waals surface area (Å²) in [7, 11) is 1.27.